The first-order chi connectivity index (χ1) is 7.15. The summed E-state index contributed by atoms with van der Waals surface area (Å²) in [6.45, 7) is 0.581. The normalized spacial score (nSPS) is 10.1. The van der Waals surface area contributed by atoms with E-state index in [-0.39, 0.29) is 5.91 Å². The molecule has 0 aliphatic carbocycles. The Morgan fingerprint density at radius 2 is 2.20 bits per heavy atom. The lowest BCUT2D eigenvalue weighted by atomic mass is 10.2. The van der Waals surface area contributed by atoms with Crippen molar-refractivity contribution in [2.45, 2.75) is 6.42 Å². The van der Waals surface area contributed by atoms with E-state index in [0.717, 1.165) is 6.42 Å². The first kappa shape index (κ1) is 12.8. The zero-order valence-corrected chi connectivity index (χ0v) is 11.0. The summed E-state index contributed by atoms with van der Waals surface area (Å²) in [7, 11) is 0. The number of carbonyl (C=O) groups excluding carboxylic acids is 1. The number of hydrogen-bond donors (Lipinski definition) is 1. The van der Waals surface area contributed by atoms with Gasteiger partial charge in [-0.05, 0) is 40.5 Å². The number of benzene rings is 1. The van der Waals surface area contributed by atoms with Crippen molar-refractivity contribution >= 4 is 45.0 Å². The standard InChI is InChI=1S/C10H10BrCl2NO/c11-9-6-7(13)2-3-8(9)10(15)14-5-1-4-12/h2-3,6H,1,4-5H2,(H,14,15). The first-order valence-corrected chi connectivity index (χ1v) is 6.15. The zero-order chi connectivity index (χ0) is 11.3. The van der Waals surface area contributed by atoms with Crippen LogP contribution in [0.2, 0.25) is 5.02 Å². The van der Waals surface area contributed by atoms with Crippen LogP contribution in [-0.2, 0) is 0 Å². The van der Waals surface area contributed by atoms with Crippen LogP contribution in [0.1, 0.15) is 16.8 Å². The average Bonchev–Trinajstić information content (AvgIpc) is 2.17. The minimum atomic E-state index is -0.122. The van der Waals surface area contributed by atoms with Crippen LogP contribution < -0.4 is 5.32 Å². The highest BCUT2D eigenvalue weighted by molar-refractivity contribution is 9.10. The summed E-state index contributed by atoms with van der Waals surface area (Å²) in [6, 6.07) is 5.06. The molecule has 82 valence electrons. The molecule has 0 aliphatic heterocycles. The number of halogens is 3. The Morgan fingerprint density at radius 1 is 1.47 bits per heavy atom. The number of nitrogens with one attached hydrogen (secondary N) is 1. The van der Waals surface area contributed by atoms with E-state index in [9.17, 15) is 4.79 Å². The van der Waals surface area contributed by atoms with Crippen LogP contribution in [0.25, 0.3) is 0 Å². The average molecular weight is 311 g/mol. The van der Waals surface area contributed by atoms with Gasteiger partial charge < -0.3 is 5.32 Å². The van der Waals surface area contributed by atoms with E-state index in [1.807, 2.05) is 0 Å². The van der Waals surface area contributed by atoms with Gasteiger partial charge in [-0.15, -0.1) is 11.6 Å². The summed E-state index contributed by atoms with van der Waals surface area (Å²) < 4.78 is 0.693. The molecule has 0 fully saturated rings. The third-order valence-corrected chi connectivity index (χ3v) is 2.93. The van der Waals surface area contributed by atoms with Gasteiger partial charge in [0.25, 0.3) is 5.91 Å². The molecule has 0 aromatic heterocycles. The van der Waals surface area contributed by atoms with E-state index in [2.05, 4.69) is 21.2 Å². The first-order valence-electron chi connectivity index (χ1n) is 4.44. The summed E-state index contributed by atoms with van der Waals surface area (Å²) in [6.07, 6.45) is 0.762. The topological polar surface area (TPSA) is 29.1 Å². The van der Waals surface area contributed by atoms with Gasteiger partial charge in [-0.2, -0.15) is 0 Å². The van der Waals surface area contributed by atoms with E-state index in [1.54, 1.807) is 18.2 Å². The third-order valence-electron chi connectivity index (χ3n) is 1.77. The SMILES string of the molecule is O=C(NCCCCl)c1ccc(Cl)cc1Br. The number of rotatable bonds is 4. The Balaban J connectivity index is 2.65. The fourth-order valence-corrected chi connectivity index (χ4v) is 2.03. The second kappa shape index (κ2) is 6.36. The highest BCUT2D eigenvalue weighted by atomic mass is 79.9. The van der Waals surface area contributed by atoms with E-state index in [4.69, 9.17) is 23.2 Å². The summed E-state index contributed by atoms with van der Waals surface area (Å²) in [5, 5.41) is 3.36. The molecule has 0 radical (unpaired) electrons. The summed E-state index contributed by atoms with van der Waals surface area (Å²) >= 11 is 14.6. The number of hydrogen-bond acceptors (Lipinski definition) is 1. The van der Waals surface area contributed by atoms with Gasteiger partial charge in [0.1, 0.15) is 0 Å². The largest absolute Gasteiger partial charge is 0.352 e. The van der Waals surface area contributed by atoms with Gasteiger partial charge in [-0.1, -0.05) is 11.6 Å². The molecule has 0 saturated heterocycles. The van der Waals surface area contributed by atoms with Crippen LogP contribution in [0.15, 0.2) is 22.7 Å². The van der Waals surface area contributed by atoms with Crippen LogP contribution in [0, 0.1) is 0 Å². The third kappa shape index (κ3) is 4.01. The van der Waals surface area contributed by atoms with Gasteiger partial charge in [0, 0.05) is 21.9 Å². The van der Waals surface area contributed by atoms with Crippen molar-refractivity contribution in [3.63, 3.8) is 0 Å². The molecule has 0 heterocycles. The molecule has 1 N–H and O–H groups in total. The van der Waals surface area contributed by atoms with Crippen molar-refractivity contribution in [1.82, 2.24) is 5.32 Å². The molecule has 0 spiro atoms. The molecule has 0 atom stereocenters. The highest BCUT2D eigenvalue weighted by Gasteiger charge is 2.09. The lowest BCUT2D eigenvalue weighted by Crippen LogP contribution is -2.24. The van der Waals surface area contributed by atoms with Gasteiger partial charge in [-0.3, -0.25) is 4.79 Å². The molecular weight excluding hydrogens is 301 g/mol. The second-order valence-corrected chi connectivity index (χ2v) is 4.59. The van der Waals surface area contributed by atoms with Gasteiger partial charge in [0.15, 0.2) is 0 Å². The minimum Gasteiger partial charge on any atom is -0.352 e. The Bertz CT molecular complexity index is 357. The van der Waals surface area contributed by atoms with Crippen molar-refractivity contribution in [1.29, 1.82) is 0 Å². The molecule has 5 heteroatoms. The lowest BCUT2D eigenvalue weighted by Gasteiger charge is -2.05. The van der Waals surface area contributed by atoms with Crippen LogP contribution in [0.4, 0.5) is 0 Å². The second-order valence-electron chi connectivity index (χ2n) is 2.92. The number of alkyl halides is 1. The quantitative estimate of drug-likeness (QED) is 0.669. The van der Waals surface area contributed by atoms with E-state index >= 15 is 0 Å². The van der Waals surface area contributed by atoms with Crippen molar-refractivity contribution in [3.05, 3.63) is 33.3 Å². The summed E-state index contributed by atoms with van der Waals surface area (Å²) in [5.41, 5.74) is 0.578. The molecule has 0 aliphatic rings. The van der Waals surface area contributed by atoms with Gasteiger partial charge in [-0.25, -0.2) is 0 Å². The van der Waals surface area contributed by atoms with Crippen molar-refractivity contribution in [2.24, 2.45) is 0 Å². The Kier molecular flexibility index (Phi) is 5.43. The van der Waals surface area contributed by atoms with Gasteiger partial charge in [0.2, 0.25) is 0 Å². The van der Waals surface area contributed by atoms with Crippen LogP contribution in [0.5, 0.6) is 0 Å². The maximum atomic E-state index is 11.6. The maximum absolute atomic E-state index is 11.6. The molecule has 0 saturated carbocycles. The van der Waals surface area contributed by atoms with Crippen LogP contribution in [0.3, 0.4) is 0 Å². The molecule has 1 rings (SSSR count). The summed E-state index contributed by atoms with van der Waals surface area (Å²) in [5.74, 6) is 0.422. The van der Waals surface area contributed by atoms with E-state index < -0.39 is 0 Å². The zero-order valence-electron chi connectivity index (χ0n) is 7.90. The predicted octanol–water partition coefficient (Wildman–Crippen LogP) is 3.46. The number of amides is 1. The van der Waals surface area contributed by atoms with Crippen LogP contribution in [-0.4, -0.2) is 18.3 Å². The molecule has 15 heavy (non-hydrogen) atoms. The van der Waals surface area contributed by atoms with Crippen molar-refractivity contribution < 1.29 is 4.79 Å². The molecule has 1 aromatic carbocycles. The molecule has 0 bridgehead atoms. The van der Waals surface area contributed by atoms with Gasteiger partial charge in [0.05, 0.1) is 5.56 Å². The van der Waals surface area contributed by atoms with E-state index in [0.29, 0.717) is 27.5 Å². The highest BCUT2D eigenvalue weighted by Crippen LogP contribution is 2.21. The maximum Gasteiger partial charge on any atom is 0.252 e. The molecule has 2 nitrogen and oxygen atoms in total. The van der Waals surface area contributed by atoms with Gasteiger partial charge >= 0.3 is 0 Å². The smallest absolute Gasteiger partial charge is 0.252 e. The molecule has 0 unspecified atom stereocenters. The Labute approximate surface area is 107 Å². The molecule has 1 aromatic rings. The van der Waals surface area contributed by atoms with E-state index in [1.165, 1.54) is 0 Å². The number of carbonyl (C=O) groups is 1. The Hall–Kier alpha value is -0.250. The van der Waals surface area contributed by atoms with Crippen molar-refractivity contribution in [2.75, 3.05) is 12.4 Å². The lowest BCUT2D eigenvalue weighted by molar-refractivity contribution is 0.0953. The fraction of sp³-hybridized carbons (Fsp3) is 0.300. The monoisotopic (exact) mass is 309 g/mol. The predicted molar refractivity (Wildman–Crippen MR) is 66.8 cm³/mol. The molecular formula is C10H10BrCl2NO. The fourth-order valence-electron chi connectivity index (χ4n) is 1.04. The summed E-state index contributed by atoms with van der Waals surface area (Å²) in [4.78, 5) is 11.6. The van der Waals surface area contributed by atoms with Crippen LogP contribution >= 0.6 is 39.1 Å². The Morgan fingerprint density at radius 3 is 2.80 bits per heavy atom. The molecule has 1 amide bonds. The van der Waals surface area contributed by atoms with Crippen molar-refractivity contribution in [3.8, 4) is 0 Å². The minimum absolute atomic E-state index is 0.122.